The minimum atomic E-state index is -0.0743. The monoisotopic (exact) mass is 278 g/mol. The lowest BCUT2D eigenvalue weighted by atomic mass is 10.1. The molecule has 4 heteroatoms. The molecule has 1 atom stereocenters. The second-order valence-electron chi connectivity index (χ2n) is 4.61. The number of rotatable bonds is 3. The molecule has 0 bridgehead atoms. The van der Waals surface area contributed by atoms with Gasteiger partial charge in [-0.05, 0) is 30.5 Å². The number of ether oxygens (including phenoxy) is 1. The summed E-state index contributed by atoms with van der Waals surface area (Å²) in [4.78, 5) is 13.7. The van der Waals surface area contributed by atoms with Crippen molar-refractivity contribution < 1.29 is 9.53 Å². The van der Waals surface area contributed by atoms with Crippen molar-refractivity contribution in [2.45, 2.75) is 39.7 Å². The Morgan fingerprint density at radius 3 is 2.50 bits per heavy atom. The van der Waals surface area contributed by atoms with Crippen LogP contribution in [0.2, 0.25) is 0 Å². The van der Waals surface area contributed by atoms with Gasteiger partial charge in [-0.3, -0.25) is 0 Å². The number of carbonyl (C=O) groups excluding carboxylic acids is 1. The molecule has 1 unspecified atom stereocenters. The van der Waals surface area contributed by atoms with E-state index in [0.29, 0.717) is 6.61 Å². The van der Waals surface area contributed by atoms with Crippen LogP contribution in [0.4, 0.5) is 10.5 Å². The summed E-state index contributed by atoms with van der Waals surface area (Å²) < 4.78 is 5.29. The summed E-state index contributed by atoms with van der Waals surface area (Å²) in [5.41, 5.74) is 2.11. The van der Waals surface area contributed by atoms with Gasteiger partial charge in [0.15, 0.2) is 0 Å². The zero-order valence-electron chi connectivity index (χ0n) is 13.0. The minimum absolute atomic E-state index is 0.0743. The fraction of sp³-hybridized carbons (Fsp3) is 0.562. The number of nitrogens with one attached hydrogen (secondary N) is 1. The molecular weight excluding hydrogens is 252 g/mol. The first-order valence-electron chi connectivity index (χ1n) is 7.41. The maximum Gasteiger partial charge on any atom is 0.321 e. The lowest BCUT2D eigenvalue weighted by Crippen LogP contribution is -2.40. The number of aryl methyl sites for hydroxylation is 1. The molecule has 1 aromatic rings. The summed E-state index contributed by atoms with van der Waals surface area (Å²) in [6, 6.07) is 8.07. The highest BCUT2D eigenvalue weighted by Gasteiger charge is 2.23. The summed E-state index contributed by atoms with van der Waals surface area (Å²) in [6.07, 6.45) is 1.92. The molecule has 1 aliphatic heterocycles. The van der Waals surface area contributed by atoms with Crippen LogP contribution in [0.3, 0.4) is 0 Å². The molecule has 0 aromatic heterocycles. The van der Waals surface area contributed by atoms with Gasteiger partial charge in [0.1, 0.15) is 0 Å². The van der Waals surface area contributed by atoms with E-state index >= 15 is 0 Å². The Balaban J connectivity index is 0.000000956. The van der Waals surface area contributed by atoms with Crippen molar-refractivity contribution in [2.75, 3.05) is 25.6 Å². The fourth-order valence-electron chi connectivity index (χ4n) is 2.03. The van der Waals surface area contributed by atoms with E-state index in [-0.39, 0.29) is 12.1 Å². The first-order valence-corrected chi connectivity index (χ1v) is 7.41. The Labute approximate surface area is 122 Å². The molecule has 0 aliphatic carbocycles. The first-order chi connectivity index (χ1) is 9.70. The van der Waals surface area contributed by atoms with Crippen LogP contribution in [0.25, 0.3) is 0 Å². The van der Waals surface area contributed by atoms with Crippen molar-refractivity contribution in [1.82, 2.24) is 4.90 Å². The van der Waals surface area contributed by atoms with Crippen LogP contribution in [0.5, 0.6) is 0 Å². The molecule has 4 nitrogen and oxygen atoms in total. The van der Waals surface area contributed by atoms with Crippen molar-refractivity contribution in [2.24, 2.45) is 0 Å². The zero-order valence-corrected chi connectivity index (χ0v) is 13.0. The van der Waals surface area contributed by atoms with Crippen LogP contribution in [0, 0.1) is 0 Å². The van der Waals surface area contributed by atoms with E-state index in [1.165, 1.54) is 5.56 Å². The largest absolute Gasteiger partial charge is 0.379 e. The predicted octanol–water partition coefficient (Wildman–Crippen LogP) is 3.53. The summed E-state index contributed by atoms with van der Waals surface area (Å²) >= 11 is 0. The molecule has 2 amide bonds. The quantitative estimate of drug-likeness (QED) is 0.919. The summed E-state index contributed by atoms with van der Waals surface area (Å²) in [7, 11) is 1.81. The van der Waals surface area contributed by atoms with Crippen molar-refractivity contribution in [1.29, 1.82) is 0 Å². The van der Waals surface area contributed by atoms with Gasteiger partial charge in [0.05, 0.1) is 12.6 Å². The molecule has 0 spiro atoms. The predicted molar refractivity (Wildman–Crippen MR) is 83.2 cm³/mol. The molecule has 0 saturated carbocycles. The number of urea groups is 1. The number of hydrogen-bond acceptors (Lipinski definition) is 2. The molecule has 0 radical (unpaired) electrons. The van der Waals surface area contributed by atoms with Crippen LogP contribution < -0.4 is 5.32 Å². The van der Waals surface area contributed by atoms with E-state index in [2.05, 4.69) is 12.2 Å². The second kappa shape index (κ2) is 8.59. The average molecular weight is 278 g/mol. The van der Waals surface area contributed by atoms with Gasteiger partial charge in [-0.25, -0.2) is 4.79 Å². The second-order valence-corrected chi connectivity index (χ2v) is 4.61. The van der Waals surface area contributed by atoms with E-state index in [0.717, 1.165) is 25.1 Å². The normalized spacial score (nSPS) is 17.1. The van der Waals surface area contributed by atoms with Crippen LogP contribution in [-0.2, 0) is 11.2 Å². The number of benzene rings is 1. The summed E-state index contributed by atoms with van der Waals surface area (Å²) in [6.45, 7) is 7.49. The lowest BCUT2D eigenvalue weighted by Gasteiger charge is -2.23. The molecule has 1 N–H and O–H groups in total. The molecular formula is C16H26N2O2. The highest BCUT2D eigenvalue weighted by Crippen LogP contribution is 2.14. The standard InChI is InChI=1S/C14H20N2O2.C2H6/c1-3-11-4-6-12(7-5-11)15-14(17)16(2)13-8-9-18-10-13;1-2/h4-7,13H,3,8-10H2,1-2H3,(H,15,17);1-2H3. The summed E-state index contributed by atoms with van der Waals surface area (Å²) in [5, 5.41) is 2.90. The Bertz CT molecular complexity index is 397. The maximum absolute atomic E-state index is 12.0. The topological polar surface area (TPSA) is 41.6 Å². The number of anilines is 1. The van der Waals surface area contributed by atoms with Crippen LogP contribution >= 0.6 is 0 Å². The van der Waals surface area contributed by atoms with E-state index in [1.807, 2.05) is 45.2 Å². The van der Waals surface area contributed by atoms with Gasteiger partial charge in [0.25, 0.3) is 0 Å². The van der Waals surface area contributed by atoms with Crippen LogP contribution in [-0.4, -0.2) is 37.2 Å². The van der Waals surface area contributed by atoms with Gasteiger partial charge < -0.3 is 15.0 Å². The number of nitrogens with zero attached hydrogens (tertiary/aromatic N) is 1. The molecule has 112 valence electrons. The van der Waals surface area contributed by atoms with Crippen molar-refractivity contribution in [3.63, 3.8) is 0 Å². The van der Waals surface area contributed by atoms with Gasteiger partial charge in [-0.1, -0.05) is 32.9 Å². The molecule has 1 heterocycles. The van der Waals surface area contributed by atoms with Crippen molar-refractivity contribution in [3.05, 3.63) is 29.8 Å². The molecule has 2 rings (SSSR count). The minimum Gasteiger partial charge on any atom is -0.379 e. The SMILES string of the molecule is CC.CCc1ccc(NC(=O)N(C)C2CCOC2)cc1. The van der Waals surface area contributed by atoms with E-state index in [4.69, 9.17) is 4.74 Å². The summed E-state index contributed by atoms with van der Waals surface area (Å²) in [5.74, 6) is 0. The molecule has 1 aromatic carbocycles. The van der Waals surface area contributed by atoms with Gasteiger partial charge >= 0.3 is 6.03 Å². The first kappa shape index (κ1) is 16.5. The van der Waals surface area contributed by atoms with Crippen molar-refractivity contribution in [3.8, 4) is 0 Å². The van der Waals surface area contributed by atoms with Gasteiger partial charge in [-0.2, -0.15) is 0 Å². The smallest absolute Gasteiger partial charge is 0.321 e. The fourth-order valence-corrected chi connectivity index (χ4v) is 2.03. The number of hydrogen-bond donors (Lipinski definition) is 1. The number of carbonyl (C=O) groups is 1. The molecule has 1 saturated heterocycles. The average Bonchev–Trinajstić information content (AvgIpc) is 3.03. The third-order valence-corrected chi connectivity index (χ3v) is 3.39. The molecule has 1 fully saturated rings. The van der Waals surface area contributed by atoms with E-state index in [9.17, 15) is 4.79 Å². The molecule has 1 aliphatic rings. The van der Waals surface area contributed by atoms with E-state index in [1.54, 1.807) is 4.90 Å². The Kier molecular flexibility index (Phi) is 7.09. The van der Waals surface area contributed by atoms with Crippen LogP contribution in [0.1, 0.15) is 32.8 Å². The lowest BCUT2D eigenvalue weighted by molar-refractivity contribution is 0.164. The zero-order chi connectivity index (χ0) is 15.0. The highest BCUT2D eigenvalue weighted by molar-refractivity contribution is 5.89. The van der Waals surface area contributed by atoms with Gasteiger partial charge in [0.2, 0.25) is 0 Å². The third kappa shape index (κ3) is 4.53. The highest BCUT2D eigenvalue weighted by atomic mass is 16.5. The third-order valence-electron chi connectivity index (χ3n) is 3.39. The maximum atomic E-state index is 12.0. The van der Waals surface area contributed by atoms with Crippen LogP contribution in [0.15, 0.2) is 24.3 Å². The van der Waals surface area contributed by atoms with E-state index < -0.39 is 0 Å². The van der Waals surface area contributed by atoms with Gasteiger partial charge in [0, 0.05) is 19.3 Å². The Morgan fingerprint density at radius 1 is 1.35 bits per heavy atom. The Morgan fingerprint density at radius 2 is 2.00 bits per heavy atom. The number of amides is 2. The Hall–Kier alpha value is -1.55. The molecule has 20 heavy (non-hydrogen) atoms. The van der Waals surface area contributed by atoms with Gasteiger partial charge in [-0.15, -0.1) is 0 Å². The van der Waals surface area contributed by atoms with Crippen molar-refractivity contribution >= 4 is 11.7 Å². The number of likely N-dealkylation sites (N-methyl/N-ethyl adjacent to an activating group) is 1.